The average Bonchev–Trinajstić information content (AvgIpc) is 3.90. The molecule has 64 heavy (non-hydrogen) atoms. The number of nitrogens with one attached hydrogen (secondary N) is 3. The highest BCUT2D eigenvalue weighted by Gasteiger charge is 2.74. The molecule has 0 bridgehead atoms. The van der Waals surface area contributed by atoms with Gasteiger partial charge in [0.15, 0.2) is 23.5 Å². The van der Waals surface area contributed by atoms with E-state index in [1.54, 1.807) is 18.2 Å². The van der Waals surface area contributed by atoms with Crippen molar-refractivity contribution in [3.05, 3.63) is 101 Å². The summed E-state index contributed by atoms with van der Waals surface area (Å²) in [6.45, 7) is 6.14. The zero-order valence-electron chi connectivity index (χ0n) is 36.7. The zero-order valence-corrected chi connectivity index (χ0v) is 36.7. The van der Waals surface area contributed by atoms with Crippen LogP contribution in [0.1, 0.15) is 95.6 Å². The van der Waals surface area contributed by atoms with Crippen LogP contribution in [0.25, 0.3) is 0 Å². The van der Waals surface area contributed by atoms with Gasteiger partial charge in [0.05, 0.1) is 12.2 Å². The number of benzene rings is 2. The lowest BCUT2D eigenvalue weighted by Gasteiger charge is -2.55. The minimum Gasteiger partial charge on any atom is -0.393 e. The van der Waals surface area contributed by atoms with Gasteiger partial charge in [-0.05, 0) is 112 Å². The lowest BCUT2D eigenvalue weighted by atomic mass is 9.52. The van der Waals surface area contributed by atoms with Gasteiger partial charge in [-0.25, -0.2) is 0 Å². The summed E-state index contributed by atoms with van der Waals surface area (Å²) >= 11 is 0. The molecule has 2 heterocycles. The average molecular weight is 879 g/mol. The molecule has 5 aliphatic rings. The quantitative estimate of drug-likeness (QED) is 0.120. The molecular weight excluding hydrogens is 821 g/mol. The summed E-state index contributed by atoms with van der Waals surface area (Å²) in [5.41, 5.74) is 1.92. The number of carbonyl (C=O) groups excluding carboxylic acids is 7. The van der Waals surface area contributed by atoms with Gasteiger partial charge < -0.3 is 35.6 Å². The summed E-state index contributed by atoms with van der Waals surface area (Å²) in [4.78, 5) is 88.9. The normalized spacial score (nSPS) is 29.8. The van der Waals surface area contributed by atoms with E-state index in [0.717, 1.165) is 53.0 Å². The Morgan fingerprint density at radius 1 is 0.953 bits per heavy atom. The molecule has 0 unspecified atom stereocenters. The summed E-state index contributed by atoms with van der Waals surface area (Å²) in [5.74, 6) is -2.99. The maximum Gasteiger partial charge on any atom is 0.253 e. The van der Waals surface area contributed by atoms with Crippen LogP contribution in [0.4, 0.5) is 5.69 Å². The molecule has 3 saturated carbocycles. The lowest BCUT2D eigenvalue weighted by molar-refractivity contribution is -0.195. The number of Topliss-reactive ketones (excluding diaryl/α,β-unsaturated/α-hetero) is 1. The molecule has 340 valence electrons. The van der Waals surface area contributed by atoms with Crippen LogP contribution in [-0.4, -0.2) is 99.3 Å². The van der Waals surface area contributed by atoms with E-state index in [9.17, 15) is 43.8 Å². The summed E-state index contributed by atoms with van der Waals surface area (Å²) in [6, 6.07) is 13.0. The standard InChI is InChI=1S/C49H58N4O11/c1-5-6-10-35(55)23-32-13-16-36-37(24-32)39(56)26-48(4)38(36)25-41-49(48,40(57)27-54)64-47(63-41)33-14-11-30(12-15-33)21-31-8-7-9-34(22-31)52-46(62)29(3)51-45(61)28(2)50-42(58)19-20-53-43(59)17-18-44(53)60/h6-12,14-15,17-18,22-23,28-29,36-39,41,47,54,56H,5,13,16,19-21,24-27H2,1-4H3,(H,50,58)(H,51,61)(H,52,62)/b10-6-,32-23-/t28-,29-,36+,37+,38-,39-,41+,47+,48-,49+/m0/s1. The summed E-state index contributed by atoms with van der Waals surface area (Å²) < 4.78 is 13.3. The van der Waals surface area contributed by atoms with Crippen LogP contribution < -0.4 is 16.0 Å². The number of fused-ring (bicyclic) bond motifs is 5. The fourth-order valence-electron chi connectivity index (χ4n) is 10.7. The Balaban J connectivity index is 0.933. The third kappa shape index (κ3) is 9.30. The Morgan fingerprint density at radius 2 is 1.67 bits per heavy atom. The Labute approximate surface area is 372 Å². The Kier molecular flexibility index (Phi) is 13.9. The molecule has 4 fully saturated rings. The maximum absolute atomic E-state index is 13.9. The van der Waals surface area contributed by atoms with Crippen molar-refractivity contribution >= 4 is 46.8 Å². The maximum atomic E-state index is 13.9. The van der Waals surface area contributed by atoms with Gasteiger partial charge in [0, 0.05) is 41.8 Å². The summed E-state index contributed by atoms with van der Waals surface area (Å²) in [5, 5.41) is 29.9. The number of amides is 5. The molecule has 5 amide bonds. The van der Waals surface area contributed by atoms with E-state index in [0.29, 0.717) is 36.9 Å². The number of rotatable bonds is 16. The first-order valence-electron chi connectivity index (χ1n) is 22.2. The van der Waals surface area contributed by atoms with Crippen LogP contribution >= 0.6 is 0 Å². The molecule has 2 aromatic carbocycles. The Morgan fingerprint density at radius 3 is 2.38 bits per heavy atom. The molecule has 15 nitrogen and oxygen atoms in total. The molecule has 0 spiro atoms. The number of anilines is 1. The van der Waals surface area contributed by atoms with Gasteiger partial charge in [-0.15, -0.1) is 0 Å². The zero-order chi connectivity index (χ0) is 45.9. The number of allylic oxidation sites excluding steroid dienone is 4. The molecule has 2 aliphatic heterocycles. The summed E-state index contributed by atoms with van der Waals surface area (Å²) in [6.07, 6.45) is 9.37. The van der Waals surface area contributed by atoms with Crippen LogP contribution in [0, 0.1) is 23.2 Å². The van der Waals surface area contributed by atoms with Gasteiger partial charge in [-0.2, -0.15) is 0 Å². The fraction of sp³-hybridized carbons (Fsp3) is 0.490. The van der Waals surface area contributed by atoms with Crippen LogP contribution in [0.3, 0.4) is 0 Å². The van der Waals surface area contributed by atoms with E-state index in [-0.39, 0.29) is 36.5 Å². The number of ketones is 2. The van der Waals surface area contributed by atoms with Gasteiger partial charge in [0.25, 0.3) is 11.8 Å². The molecule has 0 radical (unpaired) electrons. The van der Waals surface area contributed by atoms with Crippen molar-refractivity contribution < 1.29 is 53.2 Å². The van der Waals surface area contributed by atoms with Crippen LogP contribution in [-0.2, 0) is 49.5 Å². The van der Waals surface area contributed by atoms with E-state index < -0.39 is 83.5 Å². The van der Waals surface area contributed by atoms with Crippen molar-refractivity contribution in [2.75, 3.05) is 18.5 Å². The first-order chi connectivity index (χ1) is 30.6. The Hall–Kier alpha value is -5.61. The van der Waals surface area contributed by atoms with E-state index >= 15 is 0 Å². The molecule has 2 aromatic rings. The second kappa shape index (κ2) is 19.2. The SMILES string of the molecule is CC/C=C\C(=O)/C=C1/CC[C@@H]2[C@@H](C1)[C@@H](O)C[C@@]1(C)[C@H]2C[C@H]2O[C@@H](c3ccc(Cc4cccc(NC(=O)[C@H](C)NC(=O)[C@H](C)NC(=O)CCN5C(=O)C=CC5=O)c4)cc3)O[C@]21C(=O)CO. The van der Waals surface area contributed by atoms with Crippen molar-refractivity contribution in [1.29, 1.82) is 0 Å². The highest BCUT2D eigenvalue weighted by molar-refractivity contribution is 6.13. The molecule has 3 aliphatic carbocycles. The third-order valence-corrected chi connectivity index (χ3v) is 13.9. The first kappa shape index (κ1) is 46.4. The lowest BCUT2D eigenvalue weighted by Crippen LogP contribution is -2.61. The highest BCUT2D eigenvalue weighted by Crippen LogP contribution is 2.68. The van der Waals surface area contributed by atoms with Gasteiger partial charge in [-0.3, -0.25) is 38.5 Å². The van der Waals surface area contributed by atoms with Crippen molar-refractivity contribution in [2.24, 2.45) is 23.2 Å². The molecular formula is C49H58N4O11. The number of ether oxygens (including phenoxy) is 2. The monoisotopic (exact) mass is 878 g/mol. The largest absolute Gasteiger partial charge is 0.393 e. The second-order valence-electron chi connectivity index (χ2n) is 18.0. The number of hydrogen-bond donors (Lipinski definition) is 5. The van der Waals surface area contributed by atoms with Crippen LogP contribution in [0.2, 0.25) is 0 Å². The minimum absolute atomic E-state index is 0.0198. The van der Waals surface area contributed by atoms with Gasteiger partial charge in [0.2, 0.25) is 17.7 Å². The van der Waals surface area contributed by atoms with Gasteiger partial charge in [-0.1, -0.05) is 61.9 Å². The molecule has 15 heteroatoms. The number of nitrogens with zero attached hydrogens (tertiary/aromatic N) is 1. The Bertz CT molecular complexity index is 2250. The van der Waals surface area contributed by atoms with Gasteiger partial charge >= 0.3 is 0 Å². The number of aliphatic hydroxyl groups excluding tert-OH is 2. The number of hydrogen-bond acceptors (Lipinski definition) is 11. The van der Waals surface area contributed by atoms with E-state index in [1.807, 2.05) is 62.4 Å². The predicted octanol–water partition coefficient (Wildman–Crippen LogP) is 3.92. The number of imide groups is 1. The highest BCUT2D eigenvalue weighted by atomic mass is 16.7. The fourth-order valence-corrected chi connectivity index (χ4v) is 10.7. The van der Waals surface area contributed by atoms with Gasteiger partial charge in [0.1, 0.15) is 18.7 Å². The van der Waals surface area contributed by atoms with E-state index in [4.69, 9.17) is 9.47 Å². The minimum atomic E-state index is -1.43. The molecule has 5 N–H and O–H groups in total. The summed E-state index contributed by atoms with van der Waals surface area (Å²) in [7, 11) is 0. The number of carbonyl (C=O) groups is 7. The van der Waals surface area contributed by atoms with E-state index in [1.165, 1.54) is 13.8 Å². The van der Waals surface area contributed by atoms with Crippen LogP contribution in [0.5, 0.6) is 0 Å². The smallest absolute Gasteiger partial charge is 0.253 e. The third-order valence-electron chi connectivity index (χ3n) is 13.9. The van der Waals surface area contributed by atoms with Crippen LogP contribution in [0.15, 0.2) is 84.5 Å². The predicted molar refractivity (Wildman–Crippen MR) is 234 cm³/mol. The van der Waals surface area contributed by atoms with Crippen molar-refractivity contribution in [3.63, 3.8) is 0 Å². The van der Waals surface area contributed by atoms with Crippen molar-refractivity contribution in [3.8, 4) is 0 Å². The van der Waals surface area contributed by atoms with Crippen molar-refractivity contribution in [2.45, 2.75) is 115 Å². The number of aliphatic hydroxyl groups is 2. The topological polar surface area (TPSA) is 218 Å². The molecule has 7 rings (SSSR count). The first-order valence-corrected chi connectivity index (χ1v) is 22.2. The molecule has 10 atom stereocenters. The molecule has 0 aromatic heterocycles. The molecule has 1 saturated heterocycles. The van der Waals surface area contributed by atoms with E-state index in [2.05, 4.69) is 16.0 Å². The second-order valence-corrected chi connectivity index (χ2v) is 18.0. The van der Waals surface area contributed by atoms with Crippen molar-refractivity contribution in [1.82, 2.24) is 15.5 Å².